The zero-order valence-corrected chi connectivity index (χ0v) is 19.4. The van der Waals surface area contributed by atoms with Crippen LogP contribution in [-0.4, -0.2) is 14.8 Å². The second-order valence-corrected chi connectivity index (χ2v) is 10.7. The standard InChI is InChI=1S/C24H24F4N4S/c1-23(2,3)13-32-12-15(11-31-33-16-4-5-16)17-8-19(25)18(9-20(17)32)21-14(10-29)6-7-30-22(21)24(26,27)28/h6-9,12,16,31H,4-5,11,13H2,1-3H3. The van der Waals surface area contributed by atoms with Gasteiger partial charge in [-0.15, -0.1) is 0 Å². The minimum atomic E-state index is -4.83. The first kappa shape index (κ1) is 23.6. The number of nitriles is 1. The Morgan fingerprint density at radius 1 is 1.24 bits per heavy atom. The number of alkyl halides is 3. The van der Waals surface area contributed by atoms with Gasteiger partial charge < -0.3 is 4.57 Å². The number of aromatic nitrogens is 2. The minimum Gasteiger partial charge on any atom is -0.347 e. The Labute approximate surface area is 194 Å². The van der Waals surface area contributed by atoms with Crippen molar-refractivity contribution in [3.05, 3.63) is 53.2 Å². The predicted octanol–water partition coefficient (Wildman–Crippen LogP) is 6.68. The summed E-state index contributed by atoms with van der Waals surface area (Å²) >= 11 is 1.66. The summed E-state index contributed by atoms with van der Waals surface area (Å²) in [6.45, 7) is 7.27. The number of fused-ring (bicyclic) bond motifs is 1. The van der Waals surface area contributed by atoms with E-state index < -0.39 is 23.3 Å². The first-order chi connectivity index (χ1) is 15.5. The van der Waals surface area contributed by atoms with Crippen molar-refractivity contribution in [1.29, 1.82) is 5.26 Å². The van der Waals surface area contributed by atoms with Crippen molar-refractivity contribution >= 4 is 22.9 Å². The summed E-state index contributed by atoms with van der Waals surface area (Å²) in [4.78, 5) is 3.44. The fourth-order valence-electron chi connectivity index (χ4n) is 3.82. The quantitative estimate of drug-likeness (QED) is 0.319. The second-order valence-electron chi connectivity index (χ2n) is 9.52. The van der Waals surface area contributed by atoms with Crippen LogP contribution in [0, 0.1) is 22.6 Å². The third-order valence-corrected chi connectivity index (χ3v) is 6.46. The molecule has 0 amide bonds. The average Bonchev–Trinajstić information content (AvgIpc) is 3.49. The summed E-state index contributed by atoms with van der Waals surface area (Å²) in [6, 6.07) is 5.62. The molecule has 2 aromatic heterocycles. The van der Waals surface area contributed by atoms with E-state index in [0.29, 0.717) is 29.2 Å². The zero-order valence-electron chi connectivity index (χ0n) is 18.6. The third-order valence-electron chi connectivity index (χ3n) is 5.34. The zero-order chi connectivity index (χ0) is 24.0. The second kappa shape index (κ2) is 8.65. The molecule has 9 heteroatoms. The molecule has 0 radical (unpaired) electrons. The van der Waals surface area contributed by atoms with Gasteiger partial charge >= 0.3 is 6.18 Å². The predicted molar refractivity (Wildman–Crippen MR) is 122 cm³/mol. The lowest BCUT2D eigenvalue weighted by Gasteiger charge is -2.20. The molecule has 0 aliphatic heterocycles. The van der Waals surface area contributed by atoms with Crippen molar-refractivity contribution in [2.24, 2.45) is 5.41 Å². The first-order valence-electron chi connectivity index (χ1n) is 10.6. The Balaban J connectivity index is 1.89. The normalized spacial score (nSPS) is 14.6. The molecule has 2 heterocycles. The van der Waals surface area contributed by atoms with Crippen molar-refractivity contribution in [3.63, 3.8) is 0 Å². The van der Waals surface area contributed by atoms with Crippen LogP contribution < -0.4 is 4.72 Å². The van der Waals surface area contributed by atoms with Crippen LogP contribution in [0.25, 0.3) is 22.0 Å². The Morgan fingerprint density at radius 3 is 2.58 bits per heavy atom. The maximum Gasteiger partial charge on any atom is 0.434 e. The fourth-order valence-corrected chi connectivity index (χ4v) is 4.67. The summed E-state index contributed by atoms with van der Waals surface area (Å²) in [5, 5.41) is 10.7. The maximum atomic E-state index is 15.3. The number of pyridine rings is 1. The Kier molecular flexibility index (Phi) is 6.18. The molecule has 0 unspecified atom stereocenters. The van der Waals surface area contributed by atoms with E-state index in [1.807, 2.05) is 10.8 Å². The molecule has 1 saturated carbocycles. The van der Waals surface area contributed by atoms with Gasteiger partial charge in [0.15, 0.2) is 5.69 Å². The highest BCUT2D eigenvalue weighted by atomic mass is 32.2. The molecule has 3 aromatic rings. The van der Waals surface area contributed by atoms with Gasteiger partial charge in [-0.1, -0.05) is 32.7 Å². The molecular formula is C24H24F4N4S. The molecule has 1 aromatic carbocycles. The van der Waals surface area contributed by atoms with Crippen molar-refractivity contribution < 1.29 is 17.6 Å². The first-order valence-corrected chi connectivity index (χ1v) is 11.5. The topological polar surface area (TPSA) is 53.6 Å². The molecule has 33 heavy (non-hydrogen) atoms. The molecule has 1 N–H and O–H groups in total. The van der Waals surface area contributed by atoms with Crippen LogP contribution in [0.2, 0.25) is 0 Å². The number of rotatable bonds is 6. The number of nitrogens with one attached hydrogen (secondary N) is 1. The van der Waals surface area contributed by atoms with E-state index in [2.05, 4.69) is 30.5 Å². The lowest BCUT2D eigenvalue weighted by atomic mass is 9.95. The number of hydrogen-bond acceptors (Lipinski definition) is 4. The van der Waals surface area contributed by atoms with Crippen LogP contribution in [-0.2, 0) is 19.3 Å². The van der Waals surface area contributed by atoms with Gasteiger partial charge in [0, 0.05) is 52.8 Å². The van der Waals surface area contributed by atoms with E-state index in [9.17, 15) is 18.4 Å². The van der Waals surface area contributed by atoms with Gasteiger partial charge in [0.1, 0.15) is 5.82 Å². The van der Waals surface area contributed by atoms with Gasteiger partial charge in [0.25, 0.3) is 0 Å². The summed E-state index contributed by atoms with van der Waals surface area (Å²) in [5.41, 5.74) is -0.967. The SMILES string of the molecule is CC(C)(C)Cn1cc(CNSC2CC2)c2cc(F)c(-c3c(C#N)ccnc3C(F)(F)F)cc21. The van der Waals surface area contributed by atoms with E-state index in [0.717, 1.165) is 11.8 Å². The van der Waals surface area contributed by atoms with Crippen LogP contribution >= 0.6 is 11.9 Å². The summed E-state index contributed by atoms with van der Waals surface area (Å²) < 4.78 is 61.7. The molecule has 1 aliphatic rings. The molecule has 0 bridgehead atoms. The van der Waals surface area contributed by atoms with Crippen LogP contribution in [0.4, 0.5) is 17.6 Å². The summed E-state index contributed by atoms with van der Waals surface area (Å²) in [7, 11) is 0. The summed E-state index contributed by atoms with van der Waals surface area (Å²) in [5.74, 6) is -0.817. The van der Waals surface area contributed by atoms with Gasteiger partial charge in [-0.2, -0.15) is 18.4 Å². The van der Waals surface area contributed by atoms with Gasteiger partial charge in [0.2, 0.25) is 0 Å². The van der Waals surface area contributed by atoms with E-state index in [1.165, 1.54) is 31.0 Å². The van der Waals surface area contributed by atoms with Crippen LogP contribution in [0.3, 0.4) is 0 Å². The molecule has 1 fully saturated rings. The average molecular weight is 477 g/mol. The lowest BCUT2D eigenvalue weighted by molar-refractivity contribution is -0.140. The number of benzene rings is 1. The summed E-state index contributed by atoms with van der Waals surface area (Å²) in [6.07, 6.45) is 0.375. The van der Waals surface area contributed by atoms with E-state index >= 15 is 4.39 Å². The fraction of sp³-hybridized carbons (Fsp3) is 0.417. The Morgan fingerprint density at radius 2 is 1.97 bits per heavy atom. The largest absolute Gasteiger partial charge is 0.434 e. The number of nitrogens with zero attached hydrogens (tertiary/aromatic N) is 3. The van der Waals surface area contributed by atoms with Gasteiger partial charge in [-0.3, -0.25) is 9.71 Å². The highest BCUT2D eigenvalue weighted by Crippen LogP contribution is 2.40. The van der Waals surface area contributed by atoms with Crippen molar-refractivity contribution in [1.82, 2.24) is 14.3 Å². The van der Waals surface area contributed by atoms with Crippen molar-refractivity contribution in [2.45, 2.75) is 58.1 Å². The molecule has 0 spiro atoms. The van der Waals surface area contributed by atoms with Gasteiger partial charge in [-0.25, -0.2) is 4.39 Å². The monoisotopic (exact) mass is 476 g/mol. The Hall–Kier alpha value is -2.57. The molecule has 4 nitrogen and oxygen atoms in total. The number of halogens is 4. The van der Waals surface area contributed by atoms with E-state index in [-0.39, 0.29) is 16.5 Å². The third kappa shape index (κ3) is 5.17. The molecular weight excluding hydrogens is 452 g/mol. The molecule has 4 rings (SSSR count). The molecule has 174 valence electrons. The minimum absolute atomic E-state index is 0.114. The smallest absolute Gasteiger partial charge is 0.347 e. The van der Waals surface area contributed by atoms with Crippen LogP contribution in [0.15, 0.2) is 30.6 Å². The lowest BCUT2D eigenvalue weighted by Crippen LogP contribution is -2.15. The highest BCUT2D eigenvalue weighted by molar-refractivity contribution is 7.98. The van der Waals surface area contributed by atoms with E-state index in [4.69, 9.17) is 0 Å². The van der Waals surface area contributed by atoms with Crippen LogP contribution in [0.1, 0.15) is 50.4 Å². The van der Waals surface area contributed by atoms with Gasteiger partial charge in [0.05, 0.1) is 11.6 Å². The Bertz CT molecular complexity index is 1230. The maximum absolute atomic E-state index is 15.3. The highest BCUT2D eigenvalue weighted by Gasteiger charge is 2.37. The molecule has 1 aliphatic carbocycles. The number of hydrogen-bond donors (Lipinski definition) is 1. The van der Waals surface area contributed by atoms with Gasteiger partial charge in [-0.05, 0) is 42.0 Å². The van der Waals surface area contributed by atoms with E-state index in [1.54, 1.807) is 18.0 Å². The molecule has 0 saturated heterocycles. The van der Waals surface area contributed by atoms with Crippen molar-refractivity contribution in [3.8, 4) is 17.2 Å². The molecule has 0 atom stereocenters. The van der Waals surface area contributed by atoms with Crippen LogP contribution in [0.5, 0.6) is 0 Å². The van der Waals surface area contributed by atoms with Crippen molar-refractivity contribution in [2.75, 3.05) is 0 Å².